The molecule has 0 radical (unpaired) electrons. The maximum Gasteiger partial charge on any atom is 0.243 e. The minimum absolute atomic E-state index is 0.0145. The number of hydrogen-bond donors (Lipinski definition) is 1. The molecule has 0 unspecified atom stereocenters. The van der Waals surface area contributed by atoms with E-state index in [0.29, 0.717) is 5.75 Å². The summed E-state index contributed by atoms with van der Waals surface area (Å²) in [4.78, 5) is -0.162. The number of nitrogens with zero attached hydrogens (tertiary/aromatic N) is 1. The van der Waals surface area contributed by atoms with Gasteiger partial charge in [0, 0.05) is 13.1 Å². The van der Waals surface area contributed by atoms with Gasteiger partial charge in [-0.15, -0.1) is 0 Å². The lowest BCUT2D eigenvalue weighted by molar-refractivity contribution is 0.399. The van der Waals surface area contributed by atoms with Gasteiger partial charge < -0.3 is 4.74 Å². The molecular weight excluding hydrogens is 424 g/mol. The highest BCUT2D eigenvalue weighted by Gasteiger charge is 2.25. The van der Waals surface area contributed by atoms with Gasteiger partial charge in [0.2, 0.25) is 20.0 Å². The van der Waals surface area contributed by atoms with E-state index in [1.165, 1.54) is 28.6 Å². The van der Waals surface area contributed by atoms with Gasteiger partial charge in [-0.25, -0.2) is 22.0 Å². The summed E-state index contributed by atoms with van der Waals surface area (Å²) in [6.45, 7) is 0.296. The van der Waals surface area contributed by atoms with E-state index in [1.54, 1.807) is 31.4 Å². The van der Waals surface area contributed by atoms with Crippen LogP contribution in [-0.2, 0) is 33.1 Å². The van der Waals surface area contributed by atoms with E-state index in [0.717, 1.165) is 11.1 Å². The second kappa shape index (κ2) is 8.97. The second-order valence-corrected chi connectivity index (χ2v) is 10.1. The van der Waals surface area contributed by atoms with Gasteiger partial charge in [0.1, 0.15) is 5.75 Å². The molecule has 0 atom stereocenters. The molecule has 3 aromatic rings. The van der Waals surface area contributed by atoms with E-state index >= 15 is 0 Å². The first kappa shape index (κ1) is 22.0. The second-order valence-electron chi connectivity index (χ2n) is 6.62. The number of methoxy groups -OCH3 is 1. The van der Waals surface area contributed by atoms with Crippen molar-refractivity contribution in [2.45, 2.75) is 22.9 Å². The third kappa shape index (κ3) is 5.25. The van der Waals surface area contributed by atoms with E-state index in [1.807, 2.05) is 30.3 Å². The van der Waals surface area contributed by atoms with Crippen LogP contribution < -0.4 is 9.88 Å². The Bertz CT molecular complexity index is 1190. The van der Waals surface area contributed by atoms with E-state index in [9.17, 15) is 16.8 Å². The zero-order valence-electron chi connectivity index (χ0n) is 16.3. The molecule has 2 N–H and O–H groups in total. The lowest BCUT2D eigenvalue weighted by Gasteiger charge is -2.23. The van der Waals surface area contributed by atoms with E-state index < -0.39 is 20.0 Å². The number of sulfonamides is 2. The highest BCUT2D eigenvalue weighted by Crippen LogP contribution is 2.23. The number of benzene rings is 3. The summed E-state index contributed by atoms with van der Waals surface area (Å²) in [5, 5.41) is 5.11. The summed E-state index contributed by atoms with van der Waals surface area (Å²) >= 11 is 0. The average molecular weight is 447 g/mol. The summed E-state index contributed by atoms with van der Waals surface area (Å²) in [5.41, 5.74) is 1.62. The monoisotopic (exact) mass is 446 g/mol. The van der Waals surface area contributed by atoms with Gasteiger partial charge in [0.05, 0.1) is 16.9 Å². The van der Waals surface area contributed by atoms with E-state index in [-0.39, 0.29) is 22.9 Å². The standard InChI is InChI=1S/C21H22N2O5S2/c1-28-19-9-7-18(8-10-19)16-23(15-17-5-3-2-4-6-17)30(26,27)21-13-11-20(12-14-21)29(22,24)25/h2-14H,15-16H2,1H3,(H2,22,24,25). The fourth-order valence-electron chi connectivity index (χ4n) is 2.90. The molecule has 7 nitrogen and oxygen atoms in total. The molecule has 0 spiro atoms. The van der Waals surface area contributed by atoms with Gasteiger partial charge in [-0.2, -0.15) is 4.31 Å². The van der Waals surface area contributed by atoms with Crippen LogP contribution in [0.25, 0.3) is 0 Å². The van der Waals surface area contributed by atoms with Crippen molar-refractivity contribution in [2.75, 3.05) is 7.11 Å². The van der Waals surface area contributed by atoms with Crippen LogP contribution in [0.4, 0.5) is 0 Å². The minimum atomic E-state index is -3.91. The summed E-state index contributed by atoms with van der Waals surface area (Å²) in [7, 11) is -6.26. The van der Waals surface area contributed by atoms with Crippen LogP contribution in [0, 0.1) is 0 Å². The summed E-state index contributed by atoms with van der Waals surface area (Å²) < 4.78 is 56.1. The van der Waals surface area contributed by atoms with Crippen LogP contribution >= 0.6 is 0 Å². The van der Waals surface area contributed by atoms with Crippen molar-refractivity contribution in [1.82, 2.24) is 4.31 Å². The van der Waals surface area contributed by atoms with E-state index in [2.05, 4.69) is 0 Å². The Labute approximate surface area is 176 Å². The molecule has 9 heteroatoms. The van der Waals surface area contributed by atoms with Crippen molar-refractivity contribution < 1.29 is 21.6 Å². The first-order valence-corrected chi connectivity index (χ1v) is 12.0. The number of rotatable bonds is 8. The van der Waals surface area contributed by atoms with Gasteiger partial charge in [-0.3, -0.25) is 0 Å². The van der Waals surface area contributed by atoms with Crippen LogP contribution in [0.5, 0.6) is 5.75 Å². The maximum absolute atomic E-state index is 13.3. The molecule has 158 valence electrons. The van der Waals surface area contributed by atoms with Gasteiger partial charge in [-0.1, -0.05) is 42.5 Å². The van der Waals surface area contributed by atoms with E-state index in [4.69, 9.17) is 9.88 Å². The predicted octanol–water partition coefficient (Wildman–Crippen LogP) is 2.73. The number of primary sulfonamides is 1. The van der Waals surface area contributed by atoms with Gasteiger partial charge >= 0.3 is 0 Å². The Morgan fingerprint density at radius 2 is 1.23 bits per heavy atom. The molecule has 3 aromatic carbocycles. The van der Waals surface area contributed by atoms with Gasteiger partial charge in [0.15, 0.2) is 0 Å². The normalized spacial score (nSPS) is 12.1. The molecular formula is C21H22N2O5S2. The van der Waals surface area contributed by atoms with Crippen molar-refractivity contribution in [1.29, 1.82) is 0 Å². The Balaban J connectivity index is 1.96. The molecule has 0 amide bonds. The third-order valence-corrected chi connectivity index (χ3v) is 7.24. The zero-order chi connectivity index (χ0) is 21.8. The SMILES string of the molecule is COc1ccc(CN(Cc2ccccc2)S(=O)(=O)c2ccc(S(N)(=O)=O)cc2)cc1. The number of ether oxygens (including phenoxy) is 1. The molecule has 0 saturated heterocycles. The molecule has 0 fully saturated rings. The fraction of sp³-hybridized carbons (Fsp3) is 0.143. The zero-order valence-corrected chi connectivity index (χ0v) is 17.9. The van der Waals surface area contributed by atoms with Gasteiger partial charge in [0.25, 0.3) is 0 Å². The summed E-state index contributed by atoms with van der Waals surface area (Å²) in [6.07, 6.45) is 0. The smallest absolute Gasteiger partial charge is 0.243 e. The lowest BCUT2D eigenvalue weighted by Crippen LogP contribution is -2.30. The third-order valence-electron chi connectivity index (χ3n) is 4.51. The molecule has 0 aliphatic rings. The fourth-order valence-corrected chi connectivity index (χ4v) is 4.83. The maximum atomic E-state index is 13.3. The molecule has 0 heterocycles. The van der Waals surface area contributed by atoms with Crippen molar-refractivity contribution >= 4 is 20.0 Å². The van der Waals surface area contributed by atoms with Crippen molar-refractivity contribution in [2.24, 2.45) is 5.14 Å². The Kier molecular flexibility index (Phi) is 6.57. The molecule has 0 aliphatic carbocycles. The van der Waals surface area contributed by atoms with Crippen LogP contribution in [0.1, 0.15) is 11.1 Å². The predicted molar refractivity (Wildman–Crippen MR) is 114 cm³/mol. The van der Waals surface area contributed by atoms with Crippen molar-refractivity contribution in [3.8, 4) is 5.75 Å². The highest BCUT2D eigenvalue weighted by molar-refractivity contribution is 7.89. The van der Waals surface area contributed by atoms with Crippen LogP contribution in [0.2, 0.25) is 0 Å². The summed E-state index contributed by atoms with van der Waals surface area (Å²) in [6, 6.07) is 21.3. The molecule has 0 bridgehead atoms. The quantitative estimate of drug-likeness (QED) is 0.573. The lowest BCUT2D eigenvalue weighted by atomic mass is 10.2. The molecule has 0 aliphatic heterocycles. The van der Waals surface area contributed by atoms with Crippen LogP contribution in [0.15, 0.2) is 88.7 Å². The van der Waals surface area contributed by atoms with Gasteiger partial charge in [-0.05, 0) is 47.5 Å². The Morgan fingerprint density at radius 1 is 0.733 bits per heavy atom. The summed E-state index contributed by atoms with van der Waals surface area (Å²) in [5.74, 6) is 0.676. The minimum Gasteiger partial charge on any atom is -0.497 e. The molecule has 0 aromatic heterocycles. The Morgan fingerprint density at radius 3 is 1.73 bits per heavy atom. The molecule has 0 saturated carbocycles. The first-order chi connectivity index (χ1) is 14.2. The molecule has 30 heavy (non-hydrogen) atoms. The number of hydrogen-bond acceptors (Lipinski definition) is 5. The van der Waals surface area contributed by atoms with Crippen LogP contribution in [0.3, 0.4) is 0 Å². The highest BCUT2D eigenvalue weighted by atomic mass is 32.2. The Hall–Kier alpha value is -2.72. The topological polar surface area (TPSA) is 107 Å². The van der Waals surface area contributed by atoms with Crippen molar-refractivity contribution in [3.05, 3.63) is 90.0 Å². The molecule has 3 rings (SSSR count). The van der Waals surface area contributed by atoms with Crippen LogP contribution in [-0.4, -0.2) is 28.3 Å². The van der Waals surface area contributed by atoms with Crippen molar-refractivity contribution in [3.63, 3.8) is 0 Å². The first-order valence-electron chi connectivity index (χ1n) is 9.00. The average Bonchev–Trinajstić information content (AvgIpc) is 2.74. The largest absolute Gasteiger partial charge is 0.497 e. The number of nitrogens with two attached hydrogens (primary N) is 1.